The zero-order chi connectivity index (χ0) is 11.4. The van der Waals surface area contributed by atoms with Crippen LogP contribution in [0.25, 0.3) is 0 Å². The summed E-state index contributed by atoms with van der Waals surface area (Å²) < 4.78 is 5.33. The minimum atomic E-state index is 0.694. The Morgan fingerprint density at radius 1 is 1.62 bits per heavy atom. The van der Waals surface area contributed by atoms with Crippen LogP contribution in [0, 0.1) is 12.8 Å². The molecule has 16 heavy (non-hydrogen) atoms. The topological polar surface area (TPSA) is 60.2 Å². The maximum absolute atomic E-state index is 5.87. The number of nitrogens with one attached hydrogen (secondary N) is 1. The van der Waals surface area contributed by atoms with Gasteiger partial charge in [-0.25, -0.2) is 4.98 Å². The van der Waals surface area contributed by atoms with Crippen molar-refractivity contribution in [3.8, 4) is 0 Å². The first-order valence-corrected chi connectivity index (χ1v) is 5.79. The number of hydrogen-bond donors (Lipinski definition) is 2. The van der Waals surface area contributed by atoms with E-state index in [0.717, 1.165) is 43.2 Å². The van der Waals surface area contributed by atoms with Crippen LogP contribution in [0.4, 0.5) is 11.5 Å². The highest BCUT2D eigenvalue weighted by atomic mass is 16.5. The van der Waals surface area contributed by atoms with E-state index < -0.39 is 0 Å². The number of aromatic nitrogens is 1. The first kappa shape index (κ1) is 11.2. The molecule has 1 atom stereocenters. The molecule has 1 aliphatic heterocycles. The van der Waals surface area contributed by atoms with Crippen molar-refractivity contribution in [2.24, 2.45) is 5.92 Å². The summed E-state index contributed by atoms with van der Waals surface area (Å²) in [5.74, 6) is 1.49. The number of anilines is 2. The summed E-state index contributed by atoms with van der Waals surface area (Å²) in [4.78, 5) is 4.27. The van der Waals surface area contributed by atoms with Gasteiger partial charge in [-0.2, -0.15) is 0 Å². The fraction of sp³-hybridized carbons (Fsp3) is 0.583. The molecule has 2 rings (SSSR count). The smallest absolute Gasteiger partial charge is 0.149 e. The Kier molecular flexibility index (Phi) is 3.62. The summed E-state index contributed by atoms with van der Waals surface area (Å²) in [6.45, 7) is 4.71. The van der Waals surface area contributed by atoms with Gasteiger partial charge in [0.25, 0.3) is 0 Å². The minimum Gasteiger partial charge on any atom is -0.396 e. The van der Waals surface area contributed by atoms with E-state index in [9.17, 15) is 0 Å². The number of nitrogens with two attached hydrogens (primary N) is 1. The van der Waals surface area contributed by atoms with Gasteiger partial charge in [-0.1, -0.05) is 0 Å². The lowest BCUT2D eigenvalue weighted by Crippen LogP contribution is -2.11. The maximum atomic E-state index is 5.87. The lowest BCUT2D eigenvalue weighted by molar-refractivity contribution is 0.185. The second kappa shape index (κ2) is 5.16. The molecule has 88 valence electrons. The fourth-order valence-corrected chi connectivity index (χ4v) is 1.95. The lowest BCUT2D eigenvalue weighted by Gasteiger charge is -2.11. The summed E-state index contributed by atoms with van der Waals surface area (Å²) >= 11 is 0. The molecule has 4 heteroatoms. The van der Waals surface area contributed by atoms with Gasteiger partial charge in [0.15, 0.2) is 0 Å². The van der Waals surface area contributed by atoms with Gasteiger partial charge < -0.3 is 15.8 Å². The van der Waals surface area contributed by atoms with Gasteiger partial charge in [0.05, 0.1) is 5.69 Å². The van der Waals surface area contributed by atoms with Crippen molar-refractivity contribution in [2.45, 2.75) is 19.8 Å². The summed E-state index contributed by atoms with van der Waals surface area (Å²) in [7, 11) is 0. The molecule has 0 radical (unpaired) electrons. The molecule has 4 nitrogen and oxygen atoms in total. The van der Waals surface area contributed by atoms with Crippen LogP contribution in [0.3, 0.4) is 0 Å². The molecule has 1 aromatic heterocycles. The highest BCUT2D eigenvalue weighted by molar-refractivity contribution is 5.61. The third kappa shape index (κ3) is 2.85. The molecule has 0 spiro atoms. The molecule has 0 aromatic carbocycles. The molecular formula is C12H19N3O. The standard InChI is InChI=1S/C12H19N3O/c1-9-6-11(13)12(15-7-9)14-4-2-10-3-5-16-8-10/h6-7,10H,2-5,8,13H2,1H3,(H,14,15). The number of ether oxygens (including phenoxy) is 1. The van der Waals surface area contributed by atoms with E-state index in [1.807, 2.05) is 19.2 Å². The van der Waals surface area contributed by atoms with Crippen LogP contribution in [-0.2, 0) is 4.74 Å². The Labute approximate surface area is 96.2 Å². The molecule has 0 saturated carbocycles. The number of aryl methyl sites for hydroxylation is 1. The number of nitrogens with zero attached hydrogens (tertiary/aromatic N) is 1. The molecule has 0 amide bonds. The van der Waals surface area contributed by atoms with Gasteiger partial charge in [-0.05, 0) is 37.3 Å². The van der Waals surface area contributed by atoms with E-state index in [2.05, 4.69) is 10.3 Å². The van der Waals surface area contributed by atoms with Crippen molar-refractivity contribution >= 4 is 11.5 Å². The van der Waals surface area contributed by atoms with E-state index in [4.69, 9.17) is 10.5 Å². The van der Waals surface area contributed by atoms with E-state index >= 15 is 0 Å². The van der Waals surface area contributed by atoms with Crippen LogP contribution >= 0.6 is 0 Å². The van der Waals surface area contributed by atoms with E-state index in [1.54, 1.807) is 0 Å². The molecule has 2 heterocycles. The Hall–Kier alpha value is -1.29. The van der Waals surface area contributed by atoms with Gasteiger partial charge in [0.1, 0.15) is 5.82 Å². The zero-order valence-electron chi connectivity index (χ0n) is 9.70. The first-order chi connectivity index (χ1) is 7.75. The molecular weight excluding hydrogens is 202 g/mol. The quantitative estimate of drug-likeness (QED) is 0.814. The monoisotopic (exact) mass is 221 g/mol. The highest BCUT2D eigenvalue weighted by Crippen LogP contribution is 2.18. The summed E-state index contributed by atoms with van der Waals surface area (Å²) in [5.41, 5.74) is 7.68. The predicted octanol–water partition coefficient (Wildman–Crippen LogP) is 1.81. The van der Waals surface area contributed by atoms with E-state index in [1.165, 1.54) is 6.42 Å². The van der Waals surface area contributed by atoms with Crippen molar-refractivity contribution < 1.29 is 4.74 Å². The van der Waals surface area contributed by atoms with E-state index in [-0.39, 0.29) is 0 Å². The van der Waals surface area contributed by atoms with Crippen LogP contribution in [0.1, 0.15) is 18.4 Å². The van der Waals surface area contributed by atoms with Gasteiger partial charge >= 0.3 is 0 Å². The van der Waals surface area contributed by atoms with Crippen LogP contribution in [0.5, 0.6) is 0 Å². The summed E-state index contributed by atoms with van der Waals surface area (Å²) in [6, 6.07) is 1.94. The van der Waals surface area contributed by atoms with Crippen molar-refractivity contribution in [2.75, 3.05) is 30.8 Å². The zero-order valence-corrected chi connectivity index (χ0v) is 9.70. The lowest BCUT2D eigenvalue weighted by atomic mass is 10.1. The summed E-state index contributed by atoms with van der Waals surface area (Å²) in [6.07, 6.45) is 4.13. The Morgan fingerprint density at radius 3 is 3.19 bits per heavy atom. The van der Waals surface area contributed by atoms with Crippen molar-refractivity contribution in [3.63, 3.8) is 0 Å². The second-order valence-corrected chi connectivity index (χ2v) is 4.40. The highest BCUT2D eigenvalue weighted by Gasteiger charge is 2.14. The molecule has 1 fully saturated rings. The molecule has 1 saturated heterocycles. The Bertz CT molecular complexity index is 348. The van der Waals surface area contributed by atoms with Crippen LogP contribution in [-0.4, -0.2) is 24.7 Å². The molecule has 1 unspecified atom stereocenters. The number of rotatable bonds is 4. The SMILES string of the molecule is Cc1cnc(NCCC2CCOC2)c(N)c1. The van der Waals surface area contributed by atoms with Gasteiger partial charge in [0, 0.05) is 26.0 Å². The minimum absolute atomic E-state index is 0.694. The second-order valence-electron chi connectivity index (χ2n) is 4.40. The molecule has 1 aliphatic rings. The van der Waals surface area contributed by atoms with Crippen LogP contribution in [0.15, 0.2) is 12.3 Å². The van der Waals surface area contributed by atoms with Gasteiger partial charge in [0.2, 0.25) is 0 Å². The average molecular weight is 221 g/mol. The summed E-state index contributed by atoms with van der Waals surface area (Å²) in [5, 5.41) is 3.28. The third-order valence-electron chi connectivity index (χ3n) is 2.92. The van der Waals surface area contributed by atoms with Gasteiger partial charge in [-0.15, -0.1) is 0 Å². The normalized spacial score (nSPS) is 19.9. The largest absolute Gasteiger partial charge is 0.396 e. The molecule has 3 N–H and O–H groups in total. The van der Waals surface area contributed by atoms with E-state index in [0.29, 0.717) is 5.92 Å². The fourth-order valence-electron chi connectivity index (χ4n) is 1.95. The van der Waals surface area contributed by atoms with Crippen molar-refractivity contribution in [1.29, 1.82) is 0 Å². The van der Waals surface area contributed by atoms with Crippen LogP contribution in [0.2, 0.25) is 0 Å². The number of pyridine rings is 1. The molecule has 1 aromatic rings. The number of nitrogen functional groups attached to an aromatic ring is 1. The predicted molar refractivity (Wildman–Crippen MR) is 65.4 cm³/mol. The molecule has 0 aliphatic carbocycles. The number of hydrogen-bond acceptors (Lipinski definition) is 4. The Morgan fingerprint density at radius 2 is 2.50 bits per heavy atom. The Balaban J connectivity index is 1.80. The first-order valence-electron chi connectivity index (χ1n) is 5.79. The van der Waals surface area contributed by atoms with Gasteiger partial charge in [-0.3, -0.25) is 0 Å². The average Bonchev–Trinajstić information content (AvgIpc) is 2.74. The molecule has 0 bridgehead atoms. The third-order valence-corrected chi connectivity index (χ3v) is 2.92. The van der Waals surface area contributed by atoms with Crippen molar-refractivity contribution in [3.05, 3.63) is 17.8 Å². The van der Waals surface area contributed by atoms with Crippen molar-refractivity contribution in [1.82, 2.24) is 4.98 Å². The van der Waals surface area contributed by atoms with Crippen LogP contribution < -0.4 is 11.1 Å². The maximum Gasteiger partial charge on any atom is 0.149 e.